The Morgan fingerprint density at radius 2 is 1.62 bits per heavy atom. The van der Waals surface area contributed by atoms with Gasteiger partial charge in [0.1, 0.15) is 0 Å². The Morgan fingerprint density at radius 3 is 2.29 bits per heavy atom. The standard InChI is InChI=1S/C26H33N7O/c1-3-14-28-21-7-5-20(6-8-21)24-13-15-29-25(31-24)30-22-9-11-23(12-10-22)32-16-18-33(19-17-32)26(34)27-4-2/h5-13,15,28H,3-4,14,16-19H2,1-2H3,(H,27,34)(H,29,30,31). The molecule has 2 heterocycles. The van der Waals surface area contributed by atoms with Crippen LogP contribution in [0.25, 0.3) is 11.3 Å². The van der Waals surface area contributed by atoms with Crippen LogP contribution in [0.2, 0.25) is 0 Å². The van der Waals surface area contributed by atoms with Crippen molar-refractivity contribution in [1.82, 2.24) is 20.2 Å². The van der Waals surface area contributed by atoms with E-state index in [1.54, 1.807) is 6.20 Å². The minimum absolute atomic E-state index is 0.0213. The Morgan fingerprint density at radius 1 is 0.912 bits per heavy atom. The summed E-state index contributed by atoms with van der Waals surface area (Å²) < 4.78 is 0. The van der Waals surface area contributed by atoms with Crippen LogP contribution in [-0.2, 0) is 0 Å². The Labute approximate surface area is 201 Å². The maximum atomic E-state index is 12.0. The molecule has 1 saturated heterocycles. The number of urea groups is 1. The van der Waals surface area contributed by atoms with Gasteiger partial charge in [-0.3, -0.25) is 0 Å². The summed E-state index contributed by atoms with van der Waals surface area (Å²) in [7, 11) is 0. The van der Waals surface area contributed by atoms with Crippen LogP contribution in [0.5, 0.6) is 0 Å². The average molecular weight is 460 g/mol. The Balaban J connectivity index is 1.35. The highest BCUT2D eigenvalue weighted by atomic mass is 16.2. The van der Waals surface area contributed by atoms with Gasteiger partial charge >= 0.3 is 6.03 Å². The van der Waals surface area contributed by atoms with E-state index < -0.39 is 0 Å². The number of hydrogen-bond acceptors (Lipinski definition) is 6. The maximum Gasteiger partial charge on any atom is 0.317 e. The summed E-state index contributed by atoms with van der Waals surface area (Å²) in [6.07, 6.45) is 2.87. The van der Waals surface area contributed by atoms with E-state index in [9.17, 15) is 4.79 Å². The van der Waals surface area contributed by atoms with Crippen LogP contribution in [0.1, 0.15) is 20.3 Å². The van der Waals surface area contributed by atoms with Gasteiger partial charge in [0, 0.05) is 68.1 Å². The van der Waals surface area contributed by atoms with Crippen LogP contribution in [-0.4, -0.2) is 60.2 Å². The first kappa shape index (κ1) is 23.4. The third-order valence-corrected chi connectivity index (χ3v) is 5.80. The topological polar surface area (TPSA) is 85.4 Å². The Bertz CT molecular complexity index is 1060. The van der Waals surface area contributed by atoms with Crippen molar-refractivity contribution < 1.29 is 4.79 Å². The van der Waals surface area contributed by atoms with Gasteiger partial charge < -0.3 is 25.8 Å². The molecule has 4 rings (SSSR count). The fourth-order valence-electron chi connectivity index (χ4n) is 3.92. The molecule has 0 aliphatic carbocycles. The second-order valence-electron chi connectivity index (χ2n) is 8.25. The minimum atomic E-state index is 0.0213. The van der Waals surface area contributed by atoms with Gasteiger partial charge in [-0.15, -0.1) is 0 Å². The van der Waals surface area contributed by atoms with E-state index >= 15 is 0 Å². The summed E-state index contributed by atoms with van der Waals surface area (Å²) in [4.78, 5) is 25.2. The molecule has 0 bridgehead atoms. The number of piperazine rings is 1. The average Bonchev–Trinajstić information content (AvgIpc) is 2.89. The van der Waals surface area contributed by atoms with E-state index in [4.69, 9.17) is 0 Å². The van der Waals surface area contributed by atoms with E-state index in [1.807, 2.05) is 30.0 Å². The van der Waals surface area contributed by atoms with Crippen LogP contribution < -0.4 is 20.9 Å². The summed E-state index contributed by atoms with van der Waals surface area (Å²) >= 11 is 0. The molecule has 34 heavy (non-hydrogen) atoms. The third-order valence-electron chi connectivity index (χ3n) is 5.80. The summed E-state index contributed by atoms with van der Waals surface area (Å²) in [5, 5.41) is 9.56. The van der Waals surface area contributed by atoms with Gasteiger partial charge in [-0.2, -0.15) is 0 Å². The van der Waals surface area contributed by atoms with Crippen LogP contribution in [0.4, 0.5) is 27.8 Å². The molecule has 3 aromatic rings. The molecular formula is C26H33N7O. The van der Waals surface area contributed by atoms with Crippen LogP contribution in [0, 0.1) is 0 Å². The number of benzene rings is 2. The van der Waals surface area contributed by atoms with Crippen molar-refractivity contribution in [2.45, 2.75) is 20.3 Å². The number of carbonyl (C=O) groups is 1. The van der Waals surface area contributed by atoms with Crippen molar-refractivity contribution in [1.29, 1.82) is 0 Å². The van der Waals surface area contributed by atoms with Crippen LogP contribution in [0.15, 0.2) is 60.8 Å². The lowest BCUT2D eigenvalue weighted by atomic mass is 10.1. The second kappa shape index (κ2) is 11.4. The molecule has 8 heteroatoms. The fraction of sp³-hybridized carbons (Fsp3) is 0.346. The predicted molar refractivity (Wildman–Crippen MR) is 139 cm³/mol. The molecule has 2 aromatic carbocycles. The molecule has 3 N–H and O–H groups in total. The van der Waals surface area contributed by atoms with Crippen LogP contribution in [0.3, 0.4) is 0 Å². The van der Waals surface area contributed by atoms with E-state index in [0.717, 1.165) is 67.5 Å². The Kier molecular flexibility index (Phi) is 7.80. The van der Waals surface area contributed by atoms with Gasteiger partial charge in [0.25, 0.3) is 0 Å². The number of amides is 2. The van der Waals surface area contributed by atoms with Gasteiger partial charge in [-0.25, -0.2) is 14.8 Å². The van der Waals surface area contributed by atoms with E-state index in [-0.39, 0.29) is 6.03 Å². The summed E-state index contributed by atoms with van der Waals surface area (Å²) in [5.41, 5.74) is 5.12. The third kappa shape index (κ3) is 5.95. The highest BCUT2D eigenvalue weighted by molar-refractivity contribution is 5.74. The van der Waals surface area contributed by atoms with E-state index in [1.165, 1.54) is 0 Å². The molecule has 1 fully saturated rings. The first-order valence-corrected chi connectivity index (χ1v) is 12.0. The molecule has 0 unspecified atom stereocenters. The highest BCUT2D eigenvalue weighted by Gasteiger charge is 2.20. The Hall–Kier alpha value is -3.81. The number of aromatic nitrogens is 2. The number of nitrogens with zero attached hydrogens (tertiary/aromatic N) is 4. The first-order chi connectivity index (χ1) is 16.7. The first-order valence-electron chi connectivity index (χ1n) is 12.0. The fourth-order valence-corrected chi connectivity index (χ4v) is 3.92. The number of anilines is 4. The van der Waals surface area contributed by atoms with Crippen molar-refractivity contribution in [2.24, 2.45) is 0 Å². The molecule has 1 aromatic heterocycles. The van der Waals surface area contributed by atoms with Gasteiger partial charge in [0.15, 0.2) is 0 Å². The molecule has 8 nitrogen and oxygen atoms in total. The monoisotopic (exact) mass is 459 g/mol. The van der Waals surface area contributed by atoms with Gasteiger partial charge in [-0.05, 0) is 55.8 Å². The normalized spacial score (nSPS) is 13.5. The zero-order valence-electron chi connectivity index (χ0n) is 19.9. The molecule has 0 radical (unpaired) electrons. The van der Waals surface area contributed by atoms with Crippen molar-refractivity contribution in [2.75, 3.05) is 54.8 Å². The summed E-state index contributed by atoms with van der Waals surface area (Å²) in [5.74, 6) is 0.564. The van der Waals surface area contributed by atoms with Crippen molar-refractivity contribution in [3.05, 3.63) is 60.8 Å². The summed E-state index contributed by atoms with van der Waals surface area (Å²) in [6.45, 7) is 8.80. The lowest BCUT2D eigenvalue weighted by molar-refractivity contribution is 0.195. The SMILES string of the molecule is CCCNc1ccc(-c2ccnc(Nc3ccc(N4CCN(C(=O)NCC)CC4)cc3)n2)cc1. The molecule has 178 valence electrons. The van der Waals surface area contributed by atoms with Crippen molar-refractivity contribution in [3.8, 4) is 11.3 Å². The van der Waals surface area contributed by atoms with Crippen molar-refractivity contribution in [3.63, 3.8) is 0 Å². The molecule has 0 saturated carbocycles. The largest absolute Gasteiger partial charge is 0.385 e. The van der Waals surface area contributed by atoms with E-state index in [0.29, 0.717) is 12.5 Å². The molecule has 1 aliphatic rings. The molecule has 2 amide bonds. The minimum Gasteiger partial charge on any atom is -0.385 e. The smallest absolute Gasteiger partial charge is 0.317 e. The van der Waals surface area contributed by atoms with E-state index in [2.05, 4.69) is 74.1 Å². The lowest BCUT2D eigenvalue weighted by Crippen LogP contribution is -2.51. The predicted octanol–water partition coefficient (Wildman–Crippen LogP) is 4.56. The van der Waals surface area contributed by atoms with Crippen molar-refractivity contribution >= 4 is 29.0 Å². The van der Waals surface area contributed by atoms with Gasteiger partial charge in [-0.1, -0.05) is 19.1 Å². The van der Waals surface area contributed by atoms with Gasteiger partial charge in [0.05, 0.1) is 5.69 Å². The molecular weight excluding hydrogens is 426 g/mol. The number of carbonyl (C=O) groups excluding carboxylic acids is 1. The quantitative estimate of drug-likeness (QED) is 0.458. The van der Waals surface area contributed by atoms with Gasteiger partial charge in [0.2, 0.25) is 5.95 Å². The highest BCUT2D eigenvalue weighted by Crippen LogP contribution is 2.23. The van der Waals surface area contributed by atoms with Crippen LogP contribution >= 0.6 is 0 Å². The number of hydrogen-bond donors (Lipinski definition) is 3. The number of rotatable bonds is 8. The zero-order chi connectivity index (χ0) is 23.8. The molecule has 0 spiro atoms. The number of nitrogens with one attached hydrogen (secondary N) is 3. The second-order valence-corrected chi connectivity index (χ2v) is 8.25. The maximum absolute atomic E-state index is 12.0. The zero-order valence-corrected chi connectivity index (χ0v) is 19.9. The molecule has 0 atom stereocenters. The summed E-state index contributed by atoms with van der Waals surface area (Å²) in [6, 6.07) is 18.5. The molecule has 1 aliphatic heterocycles. The lowest BCUT2D eigenvalue weighted by Gasteiger charge is -2.36.